The SMILES string of the molecule is COCCC1(CNC(=O)CCNC(C)C)CC1. The molecular weight excluding hydrogens is 216 g/mol. The summed E-state index contributed by atoms with van der Waals surface area (Å²) in [5.74, 6) is 0.154. The number of nitrogens with one attached hydrogen (secondary N) is 2. The van der Waals surface area contributed by atoms with Crippen molar-refractivity contribution in [1.29, 1.82) is 0 Å². The quantitative estimate of drug-likeness (QED) is 0.641. The van der Waals surface area contributed by atoms with E-state index >= 15 is 0 Å². The van der Waals surface area contributed by atoms with E-state index in [1.165, 1.54) is 12.8 Å². The van der Waals surface area contributed by atoms with Crippen molar-refractivity contribution in [2.24, 2.45) is 5.41 Å². The molecule has 0 aromatic carbocycles. The zero-order valence-corrected chi connectivity index (χ0v) is 11.3. The fourth-order valence-electron chi connectivity index (χ4n) is 1.86. The largest absolute Gasteiger partial charge is 0.385 e. The number of carbonyl (C=O) groups excluding carboxylic acids is 1. The van der Waals surface area contributed by atoms with Gasteiger partial charge in [-0.15, -0.1) is 0 Å². The predicted octanol–water partition coefficient (Wildman–Crippen LogP) is 1.31. The normalized spacial score (nSPS) is 17.2. The number of carbonyl (C=O) groups is 1. The number of hydrogen-bond acceptors (Lipinski definition) is 3. The van der Waals surface area contributed by atoms with E-state index in [0.717, 1.165) is 26.1 Å². The summed E-state index contributed by atoms with van der Waals surface area (Å²) in [6, 6.07) is 0.444. The van der Waals surface area contributed by atoms with E-state index < -0.39 is 0 Å². The molecule has 1 rings (SSSR count). The van der Waals surface area contributed by atoms with Crippen molar-refractivity contribution < 1.29 is 9.53 Å². The number of ether oxygens (including phenoxy) is 1. The molecule has 1 fully saturated rings. The maximum Gasteiger partial charge on any atom is 0.221 e. The summed E-state index contributed by atoms with van der Waals surface area (Å²) in [6.07, 6.45) is 4.08. The average Bonchev–Trinajstić information content (AvgIpc) is 3.04. The minimum Gasteiger partial charge on any atom is -0.385 e. The van der Waals surface area contributed by atoms with Gasteiger partial charge >= 0.3 is 0 Å². The molecule has 1 saturated carbocycles. The van der Waals surface area contributed by atoms with Gasteiger partial charge in [-0.05, 0) is 24.7 Å². The van der Waals surface area contributed by atoms with E-state index in [4.69, 9.17) is 4.74 Å². The Morgan fingerprint density at radius 1 is 1.41 bits per heavy atom. The molecule has 1 aliphatic carbocycles. The Kier molecular flexibility index (Phi) is 5.92. The molecule has 4 heteroatoms. The van der Waals surface area contributed by atoms with Crippen molar-refractivity contribution >= 4 is 5.91 Å². The molecule has 0 bridgehead atoms. The van der Waals surface area contributed by atoms with Crippen molar-refractivity contribution in [2.75, 3.05) is 26.8 Å². The molecule has 0 spiro atoms. The van der Waals surface area contributed by atoms with Gasteiger partial charge in [0.1, 0.15) is 0 Å². The molecule has 1 aliphatic rings. The third-order valence-electron chi connectivity index (χ3n) is 3.36. The van der Waals surface area contributed by atoms with Gasteiger partial charge in [-0.3, -0.25) is 4.79 Å². The lowest BCUT2D eigenvalue weighted by Gasteiger charge is -2.15. The van der Waals surface area contributed by atoms with Gasteiger partial charge < -0.3 is 15.4 Å². The zero-order valence-electron chi connectivity index (χ0n) is 11.3. The Balaban J connectivity index is 2.07. The van der Waals surface area contributed by atoms with Crippen molar-refractivity contribution in [3.63, 3.8) is 0 Å². The van der Waals surface area contributed by atoms with Gasteiger partial charge in [-0.2, -0.15) is 0 Å². The van der Waals surface area contributed by atoms with Gasteiger partial charge in [0.25, 0.3) is 0 Å². The van der Waals surface area contributed by atoms with Crippen LogP contribution in [0.4, 0.5) is 0 Å². The van der Waals surface area contributed by atoms with Crippen LogP contribution >= 0.6 is 0 Å². The fourth-order valence-corrected chi connectivity index (χ4v) is 1.86. The first-order chi connectivity index (χ1) is 8.08. The monoisotopic (exact) mass is 242 g/mol. The second kappa shape index (κ2) is 6.97. The Hall–Kier alpha value is -0.610. The second-order valence-electron chi connectivity index (χ2n) is 5.38. The summed E-state index contributed by atoms with van der Waals surface area (Å²) in [4.78, 5) is 11.6. The van der Waals surface area contributed by atoms with Crippen molar-refractivity contribution in [3.8, 4) is 0 Å². The molecule has 0 aromatic heterocycles. The standard InChI is InChI=1S/C13H26N2O2/c1-11(2)14-8-4-12(16)15-10-13(5-6-13)7-9-17-3/h11,14H,4-10H2,1-3H3,(H,15,16). The minimum absolute atomic E-state index is 0.154. The van der Waals surface area contributed by atoms with E-state index in [2.05, 4.69) is 24.5 Å². The summed E-state index contributed by atoms with van der Waals surface area (Å²) in [6.45, 7) is 6.54. The first kappa shape index (κ1) is 14.5. The maximum absolute atomic E-state index is 11.6. The van der Waals surface area contributed by atoms with Crippen LogP contribution in [0.2, 0.25) is 0 Å². The van der Waals surface area contributed by atoms with Crippen LogP contribution in [-0.2, 0) is 9.53 Å². The number of amides is 1. The maximum atomic E-state index is 11.6. The molecule has 100 valence electrons. The number of hydrogen-bond donors (Lipinski definition) is 2. The van der Waals surface area contributed by atoms with Crippen LogP contribution in [0.3, 0.4) is 0 Å². The second-order valence-corrected chi connectivity index (χ2v) is 5.38. The van der Waals surface area contributed by atoms with Crippen LogP contribution in [-0.4, -0.2) is 38.8 Å². The van der Waals surface area contributed by atoms with Gasteiger partial charge in [0.05, 0.1) is 0 Å². The van der Waals surface area contributed by atoms with Gasteiger partial charge in [0.2, 0.25) is 5.91 Å². The highest BCUT2D eigenvalue weighted by atomic mass is 16.5. The molecule has 1 amide bonds. The number of rotatable bonds is 9. The van der Waals surface area contributed by atoms with E-state index in [-0.39, 0.29) is 5.91 Å². The summed E-state index contributed by atoms with van der Waals surface area (Å²) in [5.41, 5.74) is 0.344. The van der Waals surface area contributed by atoms with Crippen LogP contribution < -0.4 is 10.6 Å². The molecular formula is C13H26N2O2. The van der Waals surface area contributed by atoms with Gasteiger partial charge in [0, 0.05) is 39.3 Å². The highest BCUT2D eigenvalue weighted by Gasteiger charge is 2.41. The van der Waals surface area contributed by atoms with Crippen LogP contribution in [0.15, 0.2) is 0 Å². The van der Waals surface area contributed by atoms with E-state index in [1.54, 1.807) is 7.11 Å². The lowest BCUT2D eigenvalue weighted by molar-refractivity contribution is -0.121. The highest BCUT2D eigenvalue weighted by molar-refractivity contribution is 5.76. The summed E-state index contributed by atoms with van der Waals surface area (Å²) < 4.78 is 5.09. The molecule has 0 unspecified atom stereocenters. The topological polar surface area (TPSA) is 50.4 Å². The first-order valence-corrected chi connectivity index (χ1v) is 6.57. The molecule has 2 N–H and O–H groups in total. The molecule has 0 saturated heterocycles. The molecule has 0 radical (unpaired) electrons. The molecule has 17 heavy (non-hydrogen) atoms. The minimum atomic E-state index is 0.154. The zero-order chi connectivity index (χ0) is 12.7. The molecule has 0 aliphatic heterocycles. The Morgan fingerprint density at radius 3 is 2.65 bits per heavy atom. The highest BCUT2D eigenvalue weighted by Crippen LogP contribution is 2.48. The average molecular weight is 242 g/mol. The molecule has 4 nitrogen and oxygen atoms in total. The number of methoxy groups -OCH3 is 1. The van der Waals surface area contributed by atoms with Crippen molar-refractivity contribution in [1.82, 2.24) is 10.6 Å². The molecule has 0 atom stereocenters. The van der Waals surface area contributed by atoms with Crippen LogP contribution in [0.1, 0.15) is 39.5 Å². The van der Waals surface area contributed by atoms with Crippen LogP contribution in [0.5, 0.6) is 0 Å². The van der Waals surface area contributed by atoms with Crippen molar-refractivity contribution in [2.45, 2.75) is 45.6 Å². The lowest BCUT2D eigenvalue weighted by atomic mass is 10.0. The summed E-state index contributed by atoms with van der Waals surface area (Å²) in [5, 5.41) is 6.28. The third-order valence-corrected chi connectivity index (χ3v) is 3.36. The smallest absolute Gasteiger partial charge is 0.221 e. The first-order valence-electron chi connectivity index (χ1n) is 6.57. The Bertz CT molecular complexity index is 238. The molecule has 0 heterocycles. The Labute approximate surface area is 104 Å². The predicted molar refractivity (Wildman–Crippen MR) is 68.9 cm³/mol. The van der Waals surface area contributed by atoms with Gasteiger partial charge in [-0.25, -0.2) is 0 Å². The third kappa shape index (κ3) is 6.03. The summed E-state index contributed by atoms with van der Waals surface area (Å²) >= 11 is 0. The lowest BCUT2D eigenvalue weighted by Crippen LogP contribution is -2.34. The van der Waals surface area contributed by atoms with Crippen LogP contribution in [0.25, 0.3) is 0 Å². The van der Waals surface area contributed by atoms with E-state index in [9.17, 15) is 4.79 Å². The molecule has 0 aromatic rings. The Morgan fingerprint density at radius 2 is 2.12 bits per heavy atom. The van der Waals surface area contributed by atoms with Crippen molar-refractivity contribution in [3.05, 3.63) is 0 Å². The van der Waals surface area contributed by atoms with E-state index in [1.807, 2.05) is 0 Å². The summed E-state index contributed by atoms with van der Waals surface area (Å²) in [7, 11) is 1.73. The van der Waals surface area contributed by atoms with Gasteiger partial charge in [0.15, 0.2) is 0 Å². The fraction of sp³-hybridized carbons (Fsp3) is 0.923. The van der Waals surface area contributed by atoms with Gasteiger partial charge in [-0.1, -0.05) is 13.8 Å². The van der Waals surface area contributed by atoms with E-state index in [0.29, 0.717) is 17.9 Å². The van der Waals surface area contributed by atoms with Crippen LogP contribution in [0, 0.1) is 5.41 Å².